The van der Waals surface area contributed by atoms with Crippen molar-refractivity contribution < 1.29 is 4.39 Å². The molecule has 5 heteroatoms. The fourth-order valence-electron chi connectivity index (χ4n) is 2.88. The van der Waals surface area contributed by atoms with Gasteiger partial charge in [-0.3, -0.25) is 0 Å². The highest BCUT2D eigenvalue weighted by molar-refractivity contribution is 6.35. The monoisotopic (exact) mass is 332 g/mol. The molecule has 1 saturated heterocycles. The lowest BCUT2D eigenvalue weighted by Gasteiger charge is -2.43. The molecular formula is C16H23Cl2FN2. The molecule has 0 spiro atoms. The molecule has 0 radical (unpaired) electrons. The summed E-state index contributed by atoms with van der Waals surface area (Å²) in [6.07, 6.45) is 2.15. The van der Waals surface area contributed by atoms with E-state index in [9.17, 15) is 4.39 Å². The van der Waals surface area contributed by atoms with Crippen LogP contribution in [0.2, 0.25) is 10.0 Å². The minimum Gasteiger partial charge on any atom is -0.366 e. The third-order valence-electron chi connectivity index (χ3n) is 4.55. The van der Waals surface area contributed by atoms with Crippen molar-refractivity contribution in [3.8, 4) is 0 Å². The molecule has 2 rings (SSSR count). The van der Waals surface area contributed by atoms with Crippen LogP contribution in [0.15, 0.2) is 12.1 Å². The van der Waals surface area contributed by atoms with Crippen molar-refractivity contribution in [1.29, 1.82) is 0 Å². The van der Waals surface area contributed by atoms with E-state index in [1.807, 2.05) is 0 Å². The zero-order chi connectivity index (χ0) is 15.6. The minimum absolute atomic E-state index is 0.0889. The molecule has 1 aliphatic heterocycles. The third-order valence-corrected chi connectivity index (χ3v) is 5.10. The summed E-state index contributed by atoms with van der Waals surface area (Å²) in [5.74, 6) is 0.0560. The van der Waals surface area contributed by atoms with Gasteiger partial charge in [-0.2, -0.15) is 0 Å². The highest BCUT2D eigenvalue weighted by atomic mass is 35.5. The molecule has 1 fully saturated rings. The number of benzene rings is 1. The van der Waals surface area contributed by atoms with Crippen LogP contribution >= 0.6 is 23.2 Å². The highest BCUT2D eigenvalue weighted by Crippen LogP contribution is 2.32. The second kappa shape index (κ2) is 7.17. The Morgan fingerprint density at radius 2 is 1.95 bits per heavy atom. The lowest BCUT2D eigenvalue weighted by molar-refractivity contribution is 0.306. The summed E-state index contributed by atoms with van der Waals surface area (Å²) < 4.78 is 13.6. The second-order valence-corrected chi connectivity index (χ2v) is 6.65. The number of anilines is 1. The molecule has 0 aliphatic carbocycles. The standard InChI is InChI=1S/C16H23Cl2FN2/c1-4-10(3)15-9-21(11(5-2)8-20-15)12-6-13(17)16(19)14(18)7-12/h6-7,10-11,15,20H,4-5,8-9H2,1-3H3. The zero-order valence-corrected chi connectivity index (χ0v) is 14.3. The maximum atomic E-state index is 13.6. The molecule has 21 heavy (non-hydrogen) atoms. The normalized spacial score (nSPS) is 24.2. The summed E-state index contributed by atoms with van der Waals surface area (Å²) in [5.41, 5.74) is 0.910. The highest BCUT2D eigenvalue weighted by Gasteiger charge is 2.30. The molecule has 3 unspecified atom stereocenters. The van der Waals surface area contributed by atoms with Crippen LogP contribution < -0.4 is 10.2 Å². The van der Waals surface area contributed by atoms with Crippen molar-refractivity contribution in [2.75, 3.05) is 18.0 Å². The van der Waals surface area contributed by atoms with E-state index in [0.717, 1.165) is 31.6 Å². The Kier molecular flexibility index (Phi) is 5.75. The van der Waals surface area contributed by atoms with Crippen LogP contribution in [-0.4, -0.2) is 25.2 Å². The number of nitrogens with zero attached hydrogens (tertiary/aromatic N) is 1. The van der Waals surface area contributed by atoms with E-state index in [1.54, 1.807) is 12.1 Å². The molecular weight excluding hydrogens is 310 g/mol. The van der Waals surface area contributed by atoms with Gasteiger partial charge in [0.05, 0.1) is 10.0 Å². The van der Waals surface area contributed by atoms with E-state index in [-0.39, 0.29) is 10.0 Å². The predicted octanol–water partition coefficient (Wildman–Crippen LogP) is 4.74. The van der Waals surface area contributed by atoms with Gasteiger partial charge in [0, 0.05) is 30.9 Å². The van der Waals surface area contributed by atoms with E-state index in [0.29, 0.717) is 18.0 Å². The molecule has 0 aromatic heterocycles. The number of halogens is 3. The summed E-state index contributed by atoms with van der Waals surface area (Å²) in [6, 6.07) is 4.18. The lowest BCUT2D eigenvalue weighted by atomic mass is 9.94. The molecule has 0 saturated carbocycles. The molecule has 1 N–H and O–H groups in total. The van der Waals surface area contributed by atoms with E-state index in [2.05, 4.69) is 31.0 Å². The molecule has 3 atom stereocenters. The lowest BCUT2D eigenvalue weighted by Crippen LogP contribution is -2.58. The fraction of sp³-hybridized carbons (Fsp3) is 0.625. The average Bonchev–Trinajstić information content (AvgIpc) is 2.50. The van der Waals surface area contributed by atoms with Gasteiger partial charge in [-0.1, -0.05) is 50.4 Å². The third kappa shape index (κ3) is 3.64. The van der Waals surface area contributed by atoms with Gasteiger partial charge in [-0.15, -0.1) is 0 Å². The summed E-state index contributed by atoms with van der Waals surface area (Å²) in [7, 11) is 0. The first-order valence-corrected chi connectivity index (χ1v) is 8.38. The van der Waals surface area contributed by atoms with Crippen LogP contribution in [0.5, 0.6) is 0 Å². The van der Waals surface area contributed by atoms with Gasteiger partial charge in [0.2, 0.25) is 0 Å². The minimum atomic E-state index is -0.538. The van der Waals surface area contributed by atoms with Gasteiger partial charge >= 0.3 is 0 Å². The smallest absolute Gasteiger partial charge is 0.160 e. The second-order valence-electron chi connectivity index (χ2n) is 5.84. The molecule has 1 heterocycles. The molecule has 118 valence electrons. The van der Waals surface area contributed by atoms with Gasteiger partial charge in [0.15, 0.2) is 5.82 Å². The van der Waals surface area contributed by atoms with Crippen molar-refractivity contribution in [3.05, 3.63) is 28.0 Å². The van der Waals surface area contributed by atoms with Crippen LogP contribution in [0.4, 0.5) is 10.1 Å². The Bertz CT molecular complexity index is 472. The Hall–Kier alpha value is -0.510. The Labute approximate surface area is 136 Å². The van der Waals surface area contributed by atoms with Crippen LogP contribution in [0.1, 0.15) is 33.6 Å². The Morgan fingerprint density at radius 1 is 1.33 bits per heavy atom. The maximum Gasteiger partial charge on any atom is 0.160 e. The number of rotatable bonds is 4. The zero-order valence-electron chi connectivity index (χ0n) is 12.8. The largest absolute Gasteiger partial charge is 0.366 e. The first-order chi connectivity index (χ1) is 9.97. The van der Waals surface area contributed by atoms with Crippen LogP contribution in [0.25, 0.3) is 0 Å². The van der Waals surface area contributed by atoms with Crippen LogP contribution in [0, 0.1) is 11.7 Å². The Morgan fingerprint density at radius 3 is 2.48 bits per heavy atom. The van der Waals surface area contributed by atoms with Gasteiger partial charge in [-0.25, -0.2) is 4.39 Å². The first-order valence-electron chi connectivity index (χ1n) is 7.62. The summed E-state index contributed by atoms with van der Waals surface area (Å²) in [5, 5.41) is 3.81. The number of hydrogen-bond donors (Lipinski definition) is 1. The maximum absolute atomic E-state index is 13.6. The molecule has 1 aliphatic rings. The van der Waals surface area contributed by atoms with Crippen molar-refractivity contribution in [3.63, 3.8) is 0 Å². The van der Waals surface area contributed by atoms with Gasteiger partial charge in [0.1, 0.15) is 0 Å². The van der Waals surface area contributed by atoms with Gasteiger partial charge < -0.3 is 10.2 Å². The van der Waals surface area contributed by atoms with E-state index in [1.165, 1.54) is 0 Å². The summed E-state index contributed by atoms with van der Waals surface area (Å²) >= 11 is 11.9. The predicted molar refractivity (Wildman–Crippen MR) is 89.1 cm³/mol. The molecule has 0 amide bonds. The van der Waals surface area contributed by atoms with Crippen LogP contribution in [0.3, 0.4) is 0 Å². The number of piperazine rings is 1. The summed E-state index contributed by atoms with van der Waals surface area (Å²) in [6.45, 7) is 8.44. The molecule has 0 bridgehead atoms. The van der Waals surface area contributed by atoms with E-state index >= 15 is 0 Å². The van der Waals surface area contributed by atoms with Crippen molar-refractivity contribution in [1.82, 2.24) is 5.32 Å². The van der Waals surface area contributed by atoms with Gasteiger partial charge in [0.25, 0.3) is 0 Å². The molecule has 1 aromatic rings. The van der Waals surface area contributed by atoms with E-state index < -0.39 is 5.82 Å². The van der Waals surface area contributed by atoms with Crippen molar-refractivity contribution in [2.45, 2.75) is 45.7 Å². The number of hydrogen-bond acceptors (Lipinski definition) is 2. The average molecular weight is 333 g/mol. The Balaban J connectivity index is 2.29. The topological polar surface area (TPSA) is 15.3 Å². The SMILES string of the molecule is CCC(C)C1CN(c2cc(Cl)c(F)c(Cl)c2)C(CC)CN1. The van der Waals surface area contributed by atoms with Crippen LogP contribution in [-0.2, 0) is 0 Å². The molecule has 1 aromatic carbocycles. The quantitative estimate of drug-likeness (QED) is 0.801. The fourth-order valence-corrected chi connectivity index (χ4v) is 3.35. The molecule has 2 nitrogen and oxygen atoms in total. The van der Waals surface area contributed by atoms with Crippen molar-refractivity contribution in [2.24, 2.45) is 5.92 Å². The van der Waals surface area contributed by atoms with E-state index in [4.69, 9.17) is 23.2 Å². The summed E-state index contributed by atoms with van der Waals surface area (Å²) in [4.78, 5) is 2.31. The van der Waals surface area contributed by atoms with Gasteiger partial charge in [-0.05, 0) is 24.5 Å². The number of nitrogens with one attached hydrogen (secondary N) is 1. The first kappa shape index (κ1) is 16.9. The van der Waals surface area contributed by atoms with Crippen molar-refractivity contribution >= 4 is 28.9 Å².